The van der Waals surface area contributed by atoms with Gasteiger partial charge >= 0.3 is 0 Å². The summed E-state index contributed by atoms with van der Waals surface area (Å²) in [5, 5.41) is 9.94. The lowest BCUT2D eigenvalue weighted by Gasteiger charge is -2.32. The van der Waals surface area contributed by atoms with Gasteiger partial charge in [-0.25, -0.2) is 0 Å². The Balaban J connectivity index is 1.95. The highest BCUT2D eigenvalue weighted by Gasteiger charge is 2.61. The second-order valence-electron chi connectivity index (χ2n) is 5.51. The minimum absolute atomic E-state index is 0.0180. The van der Waals surface area contributed by atoms with E-state index in [1.807, 2.05) is 0 Å². The normalized spacial score (nSPS) is 56.3. The van der Waals surface area contributed by atoms with Crippen molar-refractivity contribution in [3.63, 3.8) is 0 Å². The third-order valence-corrected chi connectivity index (χ3v) is 4.88. The first-order valence-corrected chi connectivity index (χ1v) is 5.58. The summed E-state index contributed by atoms with van der Waals surface area (Å²) in [7, 11) is 0. The van der Waals surface area contributed by atoms with Gasteiger partial charge in [0.1, 0.15) is 0 Å². The van der Waals surface area contributed by atoms with E-state index in [1.165, 1.54) is 18.4 Å². The number of aliphatic hydroxyl groups excluding tert-OH is 1. The first-order valence-electron chi connectivity index (χ1n) is 5.58. The number of allylic oxidation sites excluding steroid dienone is 1. The fourth-order valence-electron chi connectivity index (χ4n) is 3.99. The van der Waals surface area contributed by atoms with E-state index in [2.05, 4.69) is 13.5 Å². The molecule has 1 N–H and O–H groups in total. The van der Waals surface area contributed by atoms with Crippen molar-refractivity contribution in [1.82, 2.24) is 0 Å². The van der Waals surface area contributed by atoms with Crippen molar-refractivity contribution >= 4 is 0 Å². The number of hydrogen-bond acceptors (Lipinski definition) is 2. The summed E-state index contributed by atoms with van der Waals surface area (Å²) in [6.45, 7) is 7.05. The van der Waals surface area contributed by atoms with E-state index in [0.29, 0.717) is 11.8 Å². The van der Waals surface area contributed by atoms with Gasteiger partial charge in [0.15, 0.2) is 6.29 Å². The maximum atomic E-state index is 9.94. The Hall–Kier alpha value is -0.340. The molecule has 1 unspecified atom stereocenters. The molecule has 0 radical (unpaired) electrons. The molecule has 0 aromatic rings. The Kier molecular flexibility index (Phi) is 1.67. The third kappa shape index (κ3) is 0.887. The van der Waals surface area contributed by atoms with Crippen molar-refractivity contribution in [1.29, 1.82) is 0 Å². The van der Waals surface area contributed by atoms with Gasteiger partial charge < -0.3 is 9.84 Å². The second-order valence-corrected chi connectivity index (χ2v) is 5.51. The van der Waals surface area contributed by atoms with Gasteiger partial charge in [0.05, 0.1) is 6.61 Å². The summed E-state index contributed by atoms with van der Waals surface area (Å²) in [5.74, 6) is 1.98. The lowest BCUT2D eigenvalue weighted by Crippen LogP contribution is -2.35. The van der Waals surface area contributed by atoms with Crippen molar-refractivity contribution in [3.8, 4) is 0 Å². The van der Waals surface area contributed by atoms with Crippen LogP contribution in [0.4, 0.5) is 0 Å². The molecule has 0 spiro atoms. The number of hydrogen-bond donors (Lipinski definition) is 1. The van der Waals surface area contributed by atoms with Crippen LogP contribution < -0.4 is 0 Å². The Morgan fingerprint density at radius 1 is 1.50 bits per heavy atom. The first-order chi connectivity index (χ1) is 6.62. The van der Waals surface area contributed by atoms with Gasteiger partial charge in [-0.15, -0.1) is 0 Å². The van der Waals surface area contributed by atoms with Gasteiger partial charge in [-0.2, -0.15) is 0 Å². The number of fused-ring (bicyclic) bond motifs is 3. The molecule has 3 fully saturated rings. The van der Waals surface area contributed by atoms with E-state index in [-0.39, 0.29) is 5.41 Å². The summed E-state index contributed by atoms with van der Waals surface area (Å²) in [6.07, 6.45) is 2.99. The molecule has 78 valence electrons. The van der Waals surface area contributed by atoms with Crippen molar-refractivity contribution < 1.29 is 9.84 Å². The second kappa shape index (κ2) is 2.61. The Morgan fingerprint density at radius 3 is 3.07 bits per heavy atom. The van der Waals surface area contributed by atoms with Crippen LogP contribution in [0.25, 0.3) is 0 Å². The van der Waals surface area contributed by atoms with Crippen LogP contribution in [0.5, 0.6) is 0 Å². The molecular formula is C12H18O2. The number of ether oxygens (including phenoxy) is 1. The first kappa shape index (κ1) is 8.93. The lowest BCUT2D eigenvalue weighted by atomic mass is 9.73. The molecule has 5 atom stereocenters. The van der Waals surface area contributed by atoms with Gasteiger partial charge in [0.2, 0.25) is 0 Å². The van der Waals surface area contributed by atoms with Crippen LogP contribution in [0.3, 0.4) is 0 Å². The van der Waals surface area contributed by atoms with Gasteiger partial charge in [0, 0.05) is 5.41 Å². The van der Waals surface area contributed by atoms with Crippen molar-refractivity contribution in [2.24, 2.45) is 23.2 Å². The monoisotopic (exact) mass is 194 g/mol. The lowest BCUT2D eigenvalue weighted by molar-refractivity contribution is -0.129. The zero-order chi connectivity index (χ0) is 9.92. The summed E-state index contributed by atoms with van der Waals surface area (Å²) < 4.78 is 5.39. The molecule has 1 aliphatic heterocycles. The SMILES string of the molecule is C=C1C[C@@H]2C[C@@H]3COC(O)[C@@]3(C)[C@@H]2C1. The molecule has 1 heterocycles. The van der Waals surface area contributed by atoms with Crippen molar-refractivity contribution in [2.45, 2.75) is 32.5 Å². The molecule has 3 rings (SSSR count). The Morgan fingerprint density at radius 2 is 2.29 bits per heavy atom. The predicted molar refractivity (Wildman–Crippen MR) is 53.5 cm³/mol. The van der Waals surface area contributed by atoms with E-state index in [4.69, 9.17) is 4.74 Å². The van der Waals surface area contributed by atoms with Gasteiger partial charge in [-0.05, 0) is 37.0 Å². The summed E-state index contributed by atoms with van der Waals surface area (Å²) in [5.41, 5.74) is 1.39. The zero-order valence-corrected chi connectivity index (χ0v) is 8.70. The Labute approximate surface area is 85.0 Å². The van der Waals surface area contributed by atoms with E-state index < -0.39 is 6.29 Å². The predicted octanol–water partition coefficient (Wildman–Crippen LogP) is 1.94. The Bertz CT molecular complexity index is 286. The van der Waals surface area contributed by atoms with Crippen LogP contribution in [0.15, 0.2) is 12.2 Å². The molecule has 2 nitrogen and oxygen atoms in total. The summed E-state index contributed by atoms with van der Waals surface area (Å²) >= 11 is 0. The highest BCUT2D eigenvalue weighted by molar-refractivity contribution is 5.16. The maximum Gasteiger partial charge on any atom is 0.160 e. The minimum Gasteiger partial charge on any atom is -0.367 e. The zero-order valence-electron chi connectivity index (χ0n) is 8.70. The quantitative estimate of drug-likeness (QED) is 0.597. The molecule has 1 saturated heterocycles. The number of aliphatic hydroxyl groups is 1. The molecule has 2 heteroatoms. The van der Waals surface area contributed by atoms with E-state index in [1.54, 1.807) is 0 Å². The fraction of sp³-hybridized carbons (Fsp3) is 0.833. The van der Waals surface area contributed by atoms with Crippen LogP contribution in [-0.2, 0) is 4.74 Å². The van der Waals surface area contributed by atoms with Gasteiger partial charge in [0.25, 0.3) is 0 Å². The maximum absolute atomic E-state index is 9.94. The summed E-state index contributed by atoms with van der Waals surface area (Å²) in [4.78, 5) is 0. The fourth-order valence-corrected chi connectivity index (χ4v) is 3.99. The third-order valence-electron chi connectivity index (χ3n) is 4.88. The molecule has 3 aliphatic rings. The highest BCUT2D eigenvalue weighted by atomic mass is 16.6. The molecule has 2 aliphatic carbocycles. The molecule has 14 heavy (non-hydrogen) atoms. The minimum atomic E-state index is -0.534. The largest absolute Gasteiger partial charge is 0.367 e. The average molecular weight is 194 g/mol. The van der Waals surface area contributed by atoms with Crippen LogP contribution in [-0.4, -0.2) is 18.0 Å². The van der Waals surface area contributed by atoms with Crippen LogP contribution in [0.2, 0.25) is 0 Å². The van der Waals surface area contributed by atoms with Gasteiger partial charge in [-0.1, -0.05) is 19.1 Å². The van der Waals surface area contributed by atoms with Crippen molar-refractivity contribution in [2.75, 3.05) is 6.61 Å². The molecule has 0 bridgehead atoms. The van der Waals surface area contributed by atoms with Crippen LogP contribution >= 0.6 is 0 Å². The summed E-state index contributed by atoms with van der Waals surface area (Å²) in [6, 6.07) is 0. The van der Waals surface area contributed by atoms with E-state index >= 15 is 0 Å². The van der Waals surface area contributed by atoms with Crippen LogP contribution in [0, 0.1) is 23.2 Å². The highest BCUT2D eigenvalue weighted by Crippen LogP contribution is 2.62. The number of rotatable bonds is 0. The van der Waals surface area contributed by atoms with Crippen molar-refractivity contribution in [3.05, 3.63) is 12.2 Å². The average Bonchev–Trinajstić information content (AvgIpc) is 2.68. The van der Waals surface area contributed by atoms with E-state index in [9.17, 15) is 5.11 Å². The topological polar surface area (TPSA) is 29.5 Å². The molecule has 0 aromatic carbocycles. The molecule has 0 amide bonds. The molecular weight excluding hydrogens is 176 g/mol. The molecule has 0 aromatic heterocycles. The molecule has 2 saturated carbocycles. The van der Waals surface area contributed by atoms with Crippen LogP contribution in [0.1, 0.15) is 26.2 Å². The smallest absolute Gasteiger partial charge is 0.160 e. The van der Waals surface area contributed by atoms with Gasteiger partial charge in [-0.3, -0.25) is 0 Å². The standard InChI is InChI=1S/C12H18O2/c1-7-3-8-5-9-6-14-11(13)12(9,2)10(8)4-7/h8-11,13H,1,3-6H2,2H3/t8-,9-,10-,11?,12-/m1/s1. The van der Waals surface area contributed by atoms with E-state index in [0.717, 1.165) is 18.9 Å².